The standard InChI is InChI=1S/C19H21F2NO4/c1-3-11-25-16-10-9-13(12-17(16)24-4-2)18(23)22-14-7-5-6-8-15(14)26-19(20)21/h5-10,12,19H,3-4,11H2,1-2H3,(H,22,23). The number of amides is 1. The van der Waals surface area contributed by atoms with Gasteiger partial charge in [0.15, 0.2) is 11.5 Å². The summed E-state index contributed by atoms with van der Waals surface area (Å²) in [6.07, 6.45) is 0.842. The molecule has 0 aliphatic heterocycles. The highest BCUT2D eigenvalue weighted by atomic mass is 19.3. The quantitative estimate of drug-likeness (QED) is 0.698. The fourth-order valence-corrected chi connectivity index (χ4v) is 2.21. The Morgan fingerprint density at radius 3 is 2.50 bits per heavy atom. The number of benzene rings is 2. The number of halogens is 2. The monoisotopic (exact) mass is 365 g/mol. The Kier molecular flexibility index (Phi) is 7.20. The lowest BCUT2D eigenvalue weighted by Gasteiger charge is -2.14. The highest BCUT2D eigenvalue weighted by molar-refractivity contribution is 6.05. The average Bonchev–Trinajstić information content (AvgIpc) is 2.62. The molecule has 0 unspecified atom stereocenters. The maximum atomic E-state index is 12.5. The van der Waals surface area contributed by atoms with E-state index in [1.165, 1.54) is 12.1 Å². The average molecular weight is 365 g/mol. The number of carbonyl (C=O) groups is 1. The molecule has 0 radical (unpaired) electrons. The Bertz CT molecular complexity index is 737. The summed E-state index contributed by atoms with van der Waals surface area (Å²) in [5.74, 6) is 0.416. The van der Waals surface area contributed by atoms with E-state index in [2.05, 4.69) is 10.1 Å². The van der Waals surface area contributed by atoms with Gasteiger partial charge in [-0.1, -0.05) is 19.1 Å². The van der Waals surface area contributed by atoms with Gasteiger partial charge in [0.05, 0.1) is 18.9 Å². The maximum Gasteiger partial charge on any atom is 0.387 e. The molecule has 1 N–H and O–H groups in total. The van der Waals surface area contributed by atoms with Gasteiger partial charge in [-0.25, -0.2) is 0 Å². The lowest BCUT2D eigenvalue weighted by Crippen LogP contribution is -2.14. The number of anilines is 1. The normalized spacial score (nSPS) is 10.5. The van der Waals surface area contributed by atoms with Gasteiger partial charge in [0.25, 0.3) is 5.91 Å². The fourth-order valence-electron chi connectivity index (χ4n) is 2.21. The molecule has 0 saturated heterocycles. The van der Waals surface area contributed by atoms with Crippen molar-refractivity contribution in [2.24, 2.45) is 0 Å². The van der Waals surface area contributed by atoms with Crippen LogP contribution in [0.1, 0.15) is 30.6 Å². The molecule has 0 heterocycles. The molecule has 140 valence electrons. The van der Waals surface area contributed by atoms with Gasteiger partial charge in [0, 0.05) is 5.56 Å². The van der Waals surface area contributed by atoms with Crippen LogP contribution >= 0.6 is 0 Å². The zero-order valence-electron chi connectivity index (χ0n) is 14.6. The van der Waals surface area contributed by atoms with E-state index in [4.69, 9.17) is 9.47 Å². The van der Waals surface area contributed by atoms with Gasteiger partial charge in [0.2, 0.25) is 0 Å². The first-order chi connectivity index (χ1) is 12.5. The number of hydrogen-bond acceptors (Lipinski definition) is 4. The lowest BCUT2D eigenvalue weighted by molar-refractivity contribution is -0.0493. The predicted molar refractivity (Wildman–Crippen MR) is 94.4 cm³/mol. The summed E-state index contributed by atoms with van der Waals surface area (Å²) in [5, 5.41) is 2.57. The van der Waals surface area contributed by atoms with E-state index in [9.17, 15) is 13.6 Å². The first-order valence-electron chi connectivity index (χ1n) is 8.30. The molecule has 0 aliphatic carbocycles. The van der Waals surface area contributed by atoms with Crippen molar-refractivity contribution in [3.8, 4) is 17.2 Å². The molecule has 1 amide bonds. The molecular formula is C19H21F2NO4. The van der Waals surface area contributed by atoms with Crippen LogP contribution in [-0.4, -0.2) is 25.7 Å². The van der Waals surface area contributed by atoms with Crippen molar-refractivity contribution in [2.75, 3.05) is 18.5 Å². The highest BCUT2D eigenvalue weighted by Crippen LogP contribution is 2.30. The summed E-state index contributed by atoms with van der Waals surface area (Å²) in [6.45, 7) is 1.78. The number of ether oxygens (including phenoxy) is 3. The molecule has 7 heteroatoms. The molecule has 26 heavy (non-hydrogen) atoms. The highest BCUT2D eigenvalue weighted by Gasteiger charge is 2.15. The van der Waals surface area contributed by atoms with Crippen molar-refractivity contribution in [3.63, 3.8) is 0 Å². The van der Waals surface area contributed by atoms with Gasteiger partial charge in [-0.15, -0.1) is 0 Å². The van der Waals surface area contributed by atoms with Crippen molar-refractivity contribution in [2.45, 2.75) is 26.9 Å². The van der Waals surface area contributed by atoms with Gasteiger partial charge in [-0.3, -0.25) is 4.79 Å². The largest absolute Gasteiger partial charge is 0.490 e. The zero-order chi connectivity index (χ0) is 18.9. The molecule has 2 rings (SSSR count). The Morgan fingerprint density at radius 2 is 1.81 bits per heavy atom. The molecule has 0 aliphatic rings. The van der Waals surface area contributed by atoms with Crippen LogP contribution in [0.3, 0.4) is 0 Å². The molecule has 5 nitrogen and oxygen atoms in total. The topological polar surface area (TPSA) is 56.8 Å². The first-order valence-corrected chi connectivity index (χ1v) is 8.30. The fraction of sp³-hybridized carbons (Fsp3) is 0.316. The molecule has 0 aromatic heterocycles. The molecule has 0 atom stereocenters. The minimum Gasteiger partial charge on any atom is -0.490 e. The van der Waals surface area contributed by atoms with Crippen LogP contribution in [0.2, 0.25) is 0 Å². The molecule has 0 spiro atoms. The summed E-state index contributed by atoms with van der Waals surface area (Å²) in [6, 6.07) is 10.8. The second-order valence-electron chi connectivity index (χ2n) is 5.27. The molecular weight excluding hydrogens is 344 g/mol. The third-order valence-corrected chi connectivity index (χ3v) is 3.32. The minimum atomic E-state index is -2.98. The molecule has 0 bridgehead atoms. The van der Waals surface area contributed by atoms with Crippen LogP contribution in [0, 0.1) is 0 Å². The lowest BCUT2D eigenvalue weighted by atomic mass is 10.1. The van der Waals surface area contributed by atoms with Crippen LogP contribution < -0.4 is 19.5 Å². The third kappa shape index (κ3) is 5.34. The van der Waals surface area contributed by atoms with Crippen molar-refractivity contribution < 1.29 is 27.8 Å². The van der Waals surface area contributed by atoms with Crippen molar-refractivity contribution in [3.05, 3.63) is 48.0 Å². The number of alkyl halides is 2. The van der Waals surface area contributed by atoms with E-state index in [1.807, 2.05) is 13.8 Å². The minimum absolute atomic E-state index is 0.108. The number of rotatable bonds is 9. The Hall–Kier alpha value is -2.83. The first kappa shape index (κ1) is 19.5. The van der Waals surface area contributed by atoms with E-state index in [1.54, 1.807) is 30.3 Å². The molecule has 2 aromatic rings. The Balaban J connectivity index is 2.20. The summed E-state index contributed by atoms with van der Waals surface area (Å²) in [5.41, 5.74) is 0.464. The smallest absolute Gasteiger partial charge is 0.387 e. The van der Waals surface area contributed by atoms with Gasteiger partial charge in [0.1, 0.15) is 5.75 Å². The summed E-state index contributed by atoms with van der Waals surface area (Å²) in [4.78, 5) is 12.5. The van der Waals surface area contributed by atoms with Crippen LogP contribution in [0.5, 0.6) is 17.2 Å². The van der Waals surface area contributed by atoms with Crippen LogP contribution in [-0.2, 0) is 0 Å². The van der Waals surface area contributed by atoms with E-state index >= 15 is 0 Å². The van der Waals surface area contributed by atoms with E-state index in [0.29, 0.717) is 30.3 Å². The third-order valence-electron chi connectivity index (χ3n) is 3.32. The van der Waals surface area contributed by atoms with Gasteiger partial charge in [-0.2, -0.15) is 8.78 Å². The van der Waals surface area contributed by atoms with Gasteiger partial charge >= 0.3 is 6.61 Å². The molecule has 0 saturated carbocycles. The maximum absolute atomic E-state index is 12.5. The van der Waals surface area contributed by atoms with Gasteiger partial charge in [-0.05, 0) is 43.7 Å². The second-order valence-corrected chi connectivity index (χ2v) is 5.27. The summed E-state index contributed by atoms with van der Waals surface area (Å²) < 4.78 is 40.5. The summed E-state index contributed by atoms with van der Waals surface area (Å²) in [7, 11) is 0. The van der Waals surface area contributed by atoms with Crippen molar-refractivity contribution in [1.82, 2.24) is 0 Å². The number of para-hydroxylation sites is 2. The van der Waals surface area contributed by atoms with Crippen LogP contribution in [0.4, 0.5) is 14.5 Å². The predicted octanol–water partition coefficient (Wildman–Crippen LogP) is 4.73. The van der Waals surface area contributed by atoms with Gasteiger partial charge < -0.3 is 19.5 Å². The Morgan fingerprint density at radius 1 is 1.04 bits per heavy atom. The number of hydrogen-bond donors (Lipinski definition) is 1. The second kappa shape index (κ2) is 9.60. The number of nitrogens with one attached hydrogen (secondary N) is 1. The van der Waals surface area contributed by atoms with Crippen molar-refractivity contribution >= 4 is 11.6 Å². The van der Waals surface area contributed by atoms with E-state index in [0.717, 1.165) is 6.42 Å². The zero-order valence-corrected chi connectivity index (χ0v) is 14.6. The van der Waals surface area contributed by atoms with Crippen LogP contribution in [0.25, 0.3) is 0 Å². The number of carbonyl (C=O) groups excluding carboxylic acids is 1. The van der Waals surface area contributed by atoms with Crippen molar-refractivity contribution in [1.29, 1.82) is 0 Å². The van der Waals surface area contributed by atoms with E-state index in [-0.39, 0.29) is 11.4 Å². The van der Waals surface area contributed by atoms with E-state index < -0.39 is 12.5 Å². The summed E-state index contributed by atoms with van der Waals surface area (Å²) >= 11 is 0. The molecule has 0 fully saturated rings. The molecule has 2 aromatic carbocycles. The Labute approximate surface area is 150 Å². The SMILES string of the molecule is CCCOc1ccc(C(=O)Nc2ccccc2OC(F)F)cc1OCC. The van der Waals surface area contributed by atoms with Crippen LogP contribution in [0.15, 0.2) is 42.5 Å².